The van der Waals surface area contributed by atoms with Gasteiger partial charge in [-0.25, -0.2) is 4.79 Å². The summed E-state index contributed by atoms with van der Waals surface area (Å²) in [7, 11) is 1.32. The number of benzene rings is 1. The van der Waals surface area contributed by atoms with Gasteiger partial charge in [0.1, 0.15) is 0 Å². The number of methoxy groups -OCH3 is 1. The molecule has 5 nitrogen and oxygen atoms in total. The Morgan fingerprint density at radius 2 is 1.52 bits per heavy atom. The third-order valence-electron chi connectivity index (χ3n) is 5.31. The summed E-state index contributed by atoms with van der Waals surface area (Å²) >= 11 is 0. The number of rotatable bonds is 2. The number of hydrogen-bond acceptors (Lipinski definition) is 4. The summed E-state index contributed by atoms with van der Waals surface area (Å²) < 4.78 is 4.66. The number of fused-ring (bicyclic) bond motifs is 1. The lowest BCUT2D eigenvalue weighted by Gasteiger charge is -2.38. The first-order chi connectivity index (χ1) is 11.1. The monoisotopic (exact) mass is 311 g/mol. The first-order valence-corrected chi connectivity index (χ1v) is 7.86. The van der Waals surface area contributed by atoms with Crippen molar-refractivity contribution >= 4 is 23.5 Å². The molecule has 3 aliphatic carbocycles. The van der Waals surface area contributed by atoms with Crippen LogP contribution in [0.25, 0.3) is 0 Å². The number of hydrogen-bond donors (Lipinski definition) is 0. The van der Waals surface area contributed by atoms with Crippen molar-refractivity contribution in [2.24, 2.45) is 23.7 Å². The predicted molar refractivity (Wildman–Crippen MR) is 82.6 cm³/mol. The zero-order valence-electron chi connectivity index (χ0n) is 12.8. The van der Waals surface area contributed by atoms with Crippen LogP contribution in [-0.4, -0.2) is 24.9 Å². The molecule has 2 bridgehead atoms. The average molecular weight is 311 g/mol. The second kappa shape index (κ2) is 5.05. The molecule has 1 saturated heterocycles. The second-order valence-electron chi connectivity index (χ2n) is 6.39. The van der Waals surface area contributed by atoms with E-state index in [1.165, 1.54) is 12.0 Å². The van der Waals surface area contributed by atoms with Crippen molar-refractivity contribution in [3.63, 3.8) is 0 Å². The Morgan fingerprint density at radius 3 is 1.96 bits per heavy atom. The van der Waals surface area contributed by atoms with Gasteiger partial charge in [-0.2, -0.15) is 0 Å². The molecular formula is C18H17NO4. The SMILES string of the molecule is COC(=O)c1ccc(N2C(=O)[C@H]3[C@H](C2=O)[C@@H]2C=C[C@@H]3CC2)cc1. The van der Waals surface area contributed by atoms with Gasteiger partial charge in [0.15, 0.2) is 0 Å². The summed E-state index contributed by atoms with van der Waals surface area (Å²) in [5.74, 6) is -0.721. The Bertz CT molecular complexity index is 689. The van der Waals surface area contributed by atoms with Crippen LogP contribution in [0, 0.1) is 23.7 Å². The van der Waals surface area contributed by atoms with Crippen LogP contribution in [-0.2, 0) is 14.3 Å². The second-order valence-corrected chi connectivity index (χ2v) is 6.39. The van der Waals surface area contributed by atoms with E-state index in [4.69, 9.17) is 0 Å². The molecule has 2 fully saturated rings. The zero-order chi connectivity index (χ0) is 16.1. The van der Waals surface area contributed by atoms with Crippen molar-refractivity contribution in [1.82, 2.24) is 0 Å². The standard InChI is InChI=1S/C18H17NO4/c1-23-18(22)12-6-8-13(9-7-12)19-16(20)14-10-2-3-11(5-4-10)15(14)17(19)21/h2-3,6-11,14-15H,4-5H2,1H3/t10-,11-,14-,15-/m1/s1. The lowest BCUT2D eigenvalue weighted by molar-refractivity contribution is -0.124. The maximum atomic E-state index is 12.8. The van der Waals surface area contributed by atoms with Gasteiger partial charge < -0.3 is 4.74 Å². The molecule has 5 heteroatoms. The van der Waals surface area contributed by atoms with Crippen molar-refractivity contribution in [2.45, 2.75) is 12.8 Å². The maximum Gasteiger partial charge on any atom is 0.337 e. The number of nitrogens with zero attached hydrogens (tertiary/aromatic N) is 1. The molecule has 1 aromatic carbocycles. The normalized spacial score (nSPS) is 31.4. The van der Waals surface area contributed by atoms with Crippen molar-refractivity contribution in [3.05, 3.63) is 42.0 Å². The fraction of sp³-hybridized carbons (Fsp3) is 0.389. The lowest BCUT2D eigenvalue weighted by Crippen LogP contribution is -2.38. The summed E-state index contributed by atoms with van der Waals surface area (Å²) in [5.41, 5.74) is 0.927. The zero-order valence-corrected chi connectivity index (χ0v) is 12.8. The van der Waals surface area contributed by atoms with Gasteiger partial charge in [0.25, 0.3) is 0 Å². The fourth-order valence-corrected chi connectivity index (χ4v) is 4.19. The summed E-state index contributed by atoms with van der Waals surface area (Å²) in [6.07, 6.45) is 6.17. The molecule has 2 amide bonds. The smallest absolute Gasteiger partial charge is 0.337 e. The molecular weight excluding hydrogens is 294 g/mol. The third-order valence-corrected chi connectivity index (χ3v) is 5.31. The van der Waals surface area contributed by atoms with E-state index in [9.17, 15) is 14.4 Å². The summed E-state index contributed by atoms with van der Waals surface area (Å²) in [6, 6.07) is 6.43. The van der Waals surface area contributed by atoms with Crippen LogP contribution in [0.3, 0.4) is 0 Å². The molecule has 0 unspecified atom stereocenters. The molecule has 23 heavy (non-hydrogen) atoms. The van der Waals surface area contributed by atoms with E-state index in [1.807, 2.05) is 0 Å². The Hall–Kier alpha value is -2.43. The van der Waals surface area contributed by atoms with Crippen molar-refractivity contribution in [1.29, 1.82) is 0 Å². The van der Waals surface area contributed by atoms with Gasteiger partial charge in [0.05, 0.1) is 30.2 Å². The molecule has 0 N–H and O–H groups in total. The van der Waals surface area contributed by atoms with Crippen LogP contribution >= 0.6 is 0 Å². The van der Waals surface area contributed by atoms with Crippen LogP contribution in [0.15, 0.2) is 36.4 Å². The van der Waals surface area contributed by atoms with Crippen molar-refractivity contribution < 1.29 is 19.1 Å². The Kier molecular flexibility index (Phi) is 3.11. The first-order valence-electron chi connectivity index (χ1n) is 7.86. The number of ether oxygens (including phenoxy) is 1. The van der Waals surface area contributed by atoms with E-state index in [0.717, 1.165) is 12.8 Å². The van der Waals surface area contributed by atoms with E-state index >= 15 is 0 Å². The maximum absolute atomic E-state index is 12.8. The highest BCUT2D eigenvalue weighted by molar-refractivity contribution is 6.22. The van der Waals surface area contributed by atoms with Crippen molar-refractivity contribution in [3.8, 4) is 0 Å². The van der Waals surface area contributed by atoms with Gasteiger partial charge in [-0.1, -0.05) is 12.2 Å². The Balaban J connectivity index is 1.67. The summed E-state index contributed by atoms with van der Waals surface area (Å²) in [6.45, 7) is 0. The number of amides is 2. The van der Waals surface area contributed by atoms with Crippen LogP contribution in [0.4, 0.5) is 5.69 Å². The minimum Gasteiger partial charge on any atom is -0.465 e. The van der Waals surface area contributed by atoms with Gasteiger partial charge in [0, 0.05) is 0 Å². The number of anilines is 1. The highest BCUT2D eigenvalue weighted by Gasteiger charge is 2.56. The molecule has 5 rings (SSSR count). The molecule has 4 atom stereocenters. The van der Waals surface area contributed by atoms with E-state index in [0.29, 0.717) is 11.3 Å². The molecule has 1 saturated carbocycles. The van der Waals surface area contributed by atoms with Crippen LogP contribution in [0.2, 0.25) is 0 Å². The van der Waals surface area contributed by atoms with E-state index in [1.54, 1.807) is 24.3 Å². The van der Waals surface area contributed by atoms with Gasteiger partial charge in [0.2, 0.25) is 11.8 Å². The minimum atomic E-state index is -0.438. The van der Waals surface area contributed by atoms with Gasteiger partial charge in [-0.15, -0.1) is 0 Å². The topological polar surface area (TPSA) is 63.7 Å². The van der Waals surface area contributed by atoms with Gasteiger partial charge >= 0.3 is 5.97 Å². The van der Waals surface area contributed by atoms with Crippen molar-refractivity contribution in [2.75, 3.05) is 12.0 Å². The number of carbonyl (C=O) groups is 3. The molecule has 0 radical (unpaired) electrons. The molecule has 0 aromatic heterocycles. The Morgan fingerprint density at radius 1 is 1.00 bits per heavy atom. The molecule has 118 valence electrons. The molecule has 0 spiro atoms. The minimum absolute atomic E-state index is 0.107. The largest absolute Gasteiger partial charge is 0.465 e. The molecule has 4 aliphatic rings. The Labute approximate surface area is 133 Å². The first kappa shape index (κ1) is 14.2. The summed E-state index contributed by atoms with van der Waals surface area (Å²) in [5, 5.41) is 0. The number of imide groups is 1. The predicted octanol–water partition coefficient (Wildman–Crippen LogP) is 2.17. The van der Waals surface area contributed by atoms with Crippen LogP contribution in [0.1, 0.15) is 23.2 Å². The highest BCUT2D eigenvalue weighted by atomic mass is 16.5. The molecule has 1 aliphatic heterocycles. The van der Waals surface area contributed by atoms with Crippen LogP contribution in [0.5, 0.6) is 0 Å². The van der Waals surface area contributed by atoms with Gasteiger partial charge in [-0.05, 0) is 48.9 Å². The lowest BCUT2D eigenvalue weighted by atomic mass is 9.63. The quantitative estimate of drug-likeness (QED) is 0.477. The third kappa shape index (κ3) is 1.96. The molecule has 1 aromatic rings. The van der Waals surface area contributed by atoms with Gasteiger partial charge in [-0.3, -0.25) is 14.5 Å². The van der Waals surface area contributed by atoms with E-state index in [2.05, 4.69) is 16.9 Å². The number of esters is 1. The van der Waals surface area contributed by atoms with E-state index in [-0.39, 0.29) is 35.5 Å². The van der Waals surface area contributed by atoms with Crippen LogP contribution < -0.4 is 4.90 Å². The highest BCUT2D eigenvalue weighted by Crippen LogP contribution is 2.50. The molecule has 1 heterocycles. The summed E-state index contributed by atoms with van der Waals surface area (Å²) in [4.78, 5) is 38.4. The average Bonchev–Trinajstić information content (AvgIpc) is 2.89. The van der Waals surface area contributed by atoms with E-state index < -0.39 is 5.97 Å². The fourth-order valence-electron chi connectivity index (χ4n) is 4.19. The number of carbonyl (C=O) groups excluding carboxylic acids is 3. The number of allylic oxidation sites excluding steroid dienone is 2.